The van der Waals surface area contributed by atoms with Crippen molar-refractivity contribution in [3.63, 3.8) is 0 Å². The van der Waals surface area contributed by atoms with Gasteiger partial charge in [-0.25, -0.2) is 9.97 Å². The van der Waals surface area contributed by atoms with Crippen LogP contribution >= 0.6 is 23.2 Å². The number of rotatable bonds is 5. The van der Waals surface area contributed by atoms with Gasteiger partial charge in [-0.15, -0.1) is 0 Å². The van der Waals surface area contributed by atoms with E-state index in [-0.39, 0.29) is 23.5 Å². The van der Waals surface area contributed by atoms with Gasteiger partial charge in [-0.05, 0) is 37.8 Å². The third-order valence-electron chi connectivity index (χ3n) is 5.17. The number of pyridine rings is 1. The summed E-state index contributed by atoms with van der Waals surface area (Å²) in [5, 5.41) is 14.1. The van der Waals surface area contributed by atoms with E-state index in [4.69, 9.17) is 23.2 Å². The van der Waals surface area contributed by atoms with Crippen LogP contribution in [0.5, 0.6) is 0 Å². The quantitative estimate of drug-likeness (QED) is 0.588. The Hall–Kier alpha value is -2.15. The average Bonchev–Trinajstić information content (AvgIpc) is 2.91. The predicted octanol–water partition coefficient (Wildman–Crippen LogP) is 4.70. The second kappa shape index (κ2) is 7.35. The van der Waals surface area contributed by atoms with Crippen molar-refractivity contribution < 1.29 is 9.90 Å². The van der Waals surface area contributed by atoms with Crippen molar-refractivity contribution in [1.82, 2.24) is 14.5 Å². The fourth-order valence-electron chi connectivity index (χ4n) is 3.44. The highest BCUT2D eigenvalue weighted by Crippen LogP contribution is 2.38. The zero-order valence-corrected chi connectivity index (χ0v) is 16.8. The van der Waals surface area contributed by atoms with Crippen LogP contribution in [0.2, 0.25) is 10.2 Å². The summed E-state index contributed by atoms with van der Waals surface area (Å²) in [6, 6.07) is 11.0. The number of benzene rings is 1. The largest absolute Gasteiger partial charge is 0.385 e. The summed E-state index contributed by atoms with van der Waals surface area (Å²) in [6.07, 6.45) is 2.98. The summed E-state index contributed by atoms with van der Waals surface area (Å²) in [7, 11) is 0. The van der Waals surface area contributed by atoms with Gasteiger partial charge in [0.25, 0.3) is 0 Å². The number of carbonyl (C=O) groups excluding carboxylic acids is 1. The predicted molar refractivity (Wildman–Crippen MR) is 110 cm³/mol. The van der Waals surface area contributed by atoms with Crippen LogP contribution < -0.4 is 5.32 Å². The van der Waals surface area contributed by atoms with Crippen molar-refractivity contribution in [2.45, 2.75) is 44.2 Å². The minimum absolute atomic E-state index is 0.0974. The van der Waals surface area contributed by atoms with E-state index < -0.39 is 5.60 Å². The number of hydrogen-bond donors (Lipinski definition) is 2. The first-order valence-corrected chi connectivity index (χ1v) is 9.92. The second-order valence-electron chi connectivity index (χ2n) is 7.36. The molecule has 0 radical (unpaired) electrons. The molecule has 6 nitrogen and oxygen atoms in total. The normalized spacial score (nSPS) is 16.6. The number of nitrogens with one attached hydrogen (secondary N) is 1. The lowest BCUT2D eigenvalue weighted by atomic mass is 9.92. The van der Waals surface area contributed by atoms with Crippen LogP contribution in [0.25, 0.3) is 11.2 Å². The molecule has 28 heavy (non-hydrogen) atoms. The van der Waals surface area contributed by atoms with Crippen molar-refractivity contribution in [3.05, 3.63) is 52.1 Å². The number of halogens is 2. The number of nitrogens with zero attached hydrogens (tertiary/aromatic N) is 3. The zero-order chi connectivity index (χ0) is 19.9. The number of fused-ring (bicyclic) bond motifs is 1. The monoisotopic (exact) mass is 418 g/mol. The Morgan fingerprint density at radius 3 is 2.64 bits per heavy atom. The van der Waals surface area contributed by atoms with Crippen LogP contribution in [0.1, 0.15) is 44.2 Å². The SMILES string of the molecule is CC(O)(CC(=O)Nc1nc2cc(Cl)c(Cl)nc2n1C1CCC1)c1ccccc1. The molecule has 1 atom stereocenters. The highest BCUT2D eigenvalue weighted by Gasteiger charge is 2.30. The van der Waals surface area contributed by atoms with Gasteiger partial charge in [0.05, 0.1) is 17.0 Å². The van der Waals surface area contributed by atoms with Gasteiger partial charge < -0.3 is 5.11 Å². The number of aliphatic hydroxyl groups is 1. The Kier molecular flexibility index (Phi) is 5.04. The van der Waals surface area contributed by atoms with Gasteiger partial charge >= 0.3 is 0 Å². The van der Waals surface area contributed by atoms with Crippen molar-refractivity contribution in [1.29, 1.82) is 0 Å². The molecule has 8 heteroatoms. The number of anilines is 1. The summed E-state index contributed by atoms with van der Waals surface area (Å²) in [4.78, 5) is 21.6. The van der Waals surface area contributed by atoms with Gasteiger partial charge in [0, 0.05) is 6.04 Å². The molecule has 1 aliphatic carbocycles. The van der Waals surface area contributed by atoms with Gasteiger partial charge in [0.15, 0.2) is 5.65 Å². The maximum atomic E-state index is 12.7. The van der Waals surface area contributed by atoms with Crippen LogP contribution in [0.15, 0.2) is 36.4 Å². The Balaban J connectivity index is 1.63. The highest BCUT2D eigenvalue weighted by molar-refractivity contribution is 6.41. The highest BCUT2D eigenvalue weighted by atomic mass is 35.5. The first kappa shape index (κ1) is 19.2. The van der Waals surface area contributed by atoms with Gasteiger partial charge in [-0.3, -0.25) is 14.7 Å². The Morgan fingerprint density at radius 1 is 1.29 bits per heavy atom. The average molecular weight is 419 g/mol. The van der Waals surface area contributed by atoms with E-state index in [0.29, 0.717) is 27.7 Å². The van der Waals surface area contributed by atoms with Gasteiger partial charge in [0.1, 0.15) is 10.7 Å². The molecule has 1 saturated carbocycles. The minimum atomic E-state index is -1.29. The summed E-state index contributed by atoms with van der Waals surface area (Å²) in [6.45, 7) is 1.62. The number of hydrogen-bond acceptors (Lipinski definition) is 4. The Labute approximate surface area is 172 Å². The van der Waals surface area contributed by atoms with E-state index in [0.717, 1.165) is 19.3 Å². The van der Waals surface area contributed by atoms with Crippen LogP contribution in [0.4, 0.5) is 5.95 Å². The van der Waals surface area contributed by atoms with Gasteiger partial charge in [0.2, 0.25) is 11.9 Å². The van der Waals surface area contributed by atoms with Crippen molar-refractivity contribution in [3.8, 4) is 0 Å². The standard InChI is InChI=1S/C20H20Cl2N4O2/c1-20(28,12-6-3-2-4-7-12)11-16(27)24-19-23-15-10-14(21)17(22)25-18(15)26(19)13-8-5-9-13/h2-4,6-7,10,13,28H,5,8-9,11H2,1H3,(H,23,24,27). The lowest BCUT2D eigenvalue weighted by Crippen LogP contribution is -2.30. The summed E-state index contributed by atoms with van der Waals surface area (Å²) in [5.41, 5.74) is 0.567. The third-order valence-corrected chi connectivity index (χ3v) is 5.84. The number of amides is 1. The fraction of sp³-hybridized carbons (Fsp3) is 0.350. The molecular formula is C20H20Cl2N4O2. The molecule has 1 aliphatic rings. The molecule has 1 aromatic carbocycles. The number of carbonyl (C=O) groups is 1. The molecule has 2 N–H and O–H groups in total. The molecule has 1 fully saturated rings. The summed E-state index contributed by atoms with van der Waals surface area (Å²) >= 11 is 12.2. The lowest BCUT2D eigenvalue weighted by molar-refractivity contribution is -0.120. The topological polar surface area (TPSA) is 80.0 Å². The molecule has 146 valence electrons. The molecule has 0 aliphatic heterocycles. The molecular weight excluding hydrogens is 399 g/mol. The first-order chi connectivity index (χ1) is 13.3. The van der Waals surface area contributed by atoms with Crippen molar-refractivity contribution >= 4 is 46.2 Å². The van der Waals surface area contributed by atoms with E-state index >= 15 is 0 Å². The number of imidazole rings is 1. The lowest BCUT2D eigenvalue weighted by Gasteiger charge is -2.29. The van der Waals surface area contributed by atoms with Crippen LogP contribution in [0.3, 0.4) is 0 Å². The van der Waals surface area contributed by atoms with E-state index in [1.54, 1.807) is 25.1 Å². The third kappa shape index (κ3) is 3.60. The maximum absolute atomic E-state index is 12.7. The Bertz CT molecular complexity index is 1030. The Morgan fingerprint density at radius 2 is 2.00 bits per heavy atom. The summed E-state index contributed by atoms with van der Waals surface area (Å²) < 4.78 is 1.91. The van der Waals surface area contributed by atoms with E-state index in [2.05, 4.69) is 15.3 Å². The molecule has 0 spiro atoms. The molecule has 0 saturated heterocycles. The van der Waals surface area contributed by atoms with Crippen LogP contribution in [-0.2, 0) is 10.4 Å². The molecule has 2 aromatic heterocycles. The first-order valence-electron chi connectivity index (χ1n) is 9.17. The van der Waals surface area contributed by atoms with Crippen molar-refractivity contribution in [2.75, 3.05) is 5.32 Å². The minimum Gasteiger partial charge on any atom is -0.385 e. The fourth-order valence-corrected chi connectivity index (χ4v) is 3.72. The zero-order valence-electron chi connectivity index (χ0n) is 15.3. The van der Waals surface area contributed by atoms with E-state index in [9.17, 15) is 9.90 Å². The summed E-state index contributed by atoms with van der Waals surface area (Å²) in [5.74, 6) is 0.0707. The maximum Gasteiger partial charge on any atom is 0.229 e. The molecule has 3 aromatic rings. The van der Waals surface area contributed by atoms with E-state index in [1.165, 1.54) is 0 Å². The molecule has 0 bridgehead atoms. The van der Waals surface area contributed by atoms with E-state index in [1.807, 2.05) is 22.8 Å². The molecule has 1 amide bonds. The smallest absolute Gasteiger partial charge is 0.229 e. The van der Waals surface area contributed by atoms with Crippen LogP contribution in [-0.4, -0.2) is 25.5 Å². The molecule has 1 unspecified atom stereocenters. The molecule has 4 rings (SSSR count). The van der Waals surface area contributed by atoms with Gasteiger partial charge in [-0.1, -0.05) is 53.5 Å². The second-order valence-corrected chi connectivity index (χ2v) is 8.12. The van der Waals surface area contributed by atoms with Gasteiger partial charge in [-0.2, -0.15) is 0 Å². The van der Waals surface area contributed by atoms with Crippen molar-refractivity contribution in [2.24, 2.45) is 0 Å². The molecule has 2 heterocycles. The number of aromatic nitrogens is 3. The van der Waals surface area contributed by atoms with Crippen LogP contribution in [0, 0.1) is 0 Å².